The number of methoxy groups -OCH3 is 1. The second-order valence-corrected chi connectivity index (χ2v) is 11.7. The molecular weight excluding hydrogens is 456 g/mol. The molecule has 37 heavy (non-hydrogen) atoms. The van der Waals surface area contributed by atoms with Gasteiger partial charge in [0.2, 0.25) is 0 Å². The van der Waals surface area contributed by atoms with E-state index in [0.717, 1.165) is 50.4 Å². The Kier molecular flexibility index (Phi) is 10.1. The predicted octanol–water partition coefficient (Wildman–Crippen LogP) is 10.2. The van der Waals surface area contributed by atoms with Gasteiger partial charge in [0.1, 0.15) is 5.60 Å². The maximum atomic E-state index is 11.9. The van der Waals surface area contributed by atoms with Crippen molar-refractivity contribution in [1.82, 2.24) is 0 Å². The highest BCUT2D eigenvalue weighted by atomic mass is 16.7. The van der Waals surface area contributed by atoms with Gasteiger partial charge in [0, 0.05) is 0 Å². The van der Waals surface area contributed by atoms with Crippen LogP contribution in [-0.4, -0.2) is 18.9 Å². The molecule has 0 atom stereocenters. The van der Waals surface area contributed by atoms with Gasteiger partial charge in [-0.25, -0.2) is 4.79 Å². The van der Waals surface area contributed by atoms with E-state index in [1.165, 1.54) is 80.7 Å². The van der Waals surface area contributed by atoms with E-state index in [2.05, 4.69) is 62.4 Å². The molecule has 2 aliphatic carbocycles. The van der Waals surface area contributed by atoms with Gasteiger partial charge >= 0.3 is 6.16 Å². The van der Waals surface area contributed by atoms with Crippen molar-refractivity contribution in [3.63, 3.8) is 0 Å². The fourth-order valence-electron chi connectivity index (χ4n) is 6.88. The monoisotopic (exact) mass is 504 g/mol. The zero-order valence-electron chi connectivity index (χ0n) is 23.5. The first-order chi connectivity index (χ1) is 18.1. The van der Waals surface area contributed by atoms with Crippen molar-refractivity contribution < 1.29 is 14.3 Å². The minimum Gasteiger partial charge on any atom is -0.438 e. The zero-order chi connectivity index (χ0) is 26.1. The fourth-order valence-corrected chi connectivity index (χ4v) is 6.88. The van der Waals surface area contributed by atoms with E-state index in [1.54, 1.807) is 0 Å². The summed E-state index contributed by atoms with van der Waals surface area (Å²) in [7, 11) is 1.40. The minimum atomic E-state index is -0.533. The highest BCUT2D eigenvalue weighted by Gasteiger charge is 2.39. The van der Waals surface area contributed by atoms with Crippen molar-refractivity contribution in [2.24, 2.45) is 5.92 Å². The van der Waals surface area contributed by atoms with Crippen molar-refractivity contribution in [2.45, 2.75) is 121 Å². The van der Waals surface area contributed by atoms with Gasteiger partial charge in [0.25, 0.3) is 0 Å². The van der Waals surface area contributed by atoms with Crippen LogP contribution in [0.4, 0.5) is 4.79 Å². The van der Waals surface area contributed by atoms with Crippen LogP contribution in [0.25, 0.3) is 11.1 Å². The molecule has 0 saturated heterocycles. The Labute approximate surface area is 225 Å². The molecule has 2 fully saturated rings. The molecule has 202 valence electrons. The lowest BCUT2D eigenvalue weighted by atomic mass is 9.74. The van der Waals surface area contributed by atoms with E-state index in [-0.39, 0.29) is 5.60 Å². The summed E-state index contributed by atoms with van der Waals surface area (Å²) in [5, 5.41) is 0. The average molecular weight is 505 g/mol. The van der Waals surface area contributed by atoms with Crippen molar-refractivity contribution in [3.05, 3.63) is 59.7 Å². The topological polar surface area (TPSA) is 35.5 Å². The zero-order valence-corrected chi connectivity index (χ0v) is 23.5. The molecule has 2 aromatic carbocycles. The van der Waals surface area contributed by atoms with Crippen LogP contribution in [0.5, 0.6) is 0 Å². The summed E-state index contributed by atoms with van der Waals surface area (Å²) < 4.78 is 10.7. The predicted molar refractivity (Wildman–Crippen MR) is 153 cm³/mol. The molecule has 0 aromatic heterocycles. The number of hydrogen-bond donors (Lipinski definition) is 0. The van der Waals surface area contributed by atoms with Gasteiger partial charge < -0.3 is 9.47 Å². The van der Waals surface area contributed by atoms with E-state index in [9.17, 15) is 4.79 Å². The normalized spacial score (nSPS) is 26.0. The van der Waals surface area contributed by atoms with Gasteiger partial charge in [-0.2, -0.15) is 0 Å². The molecule has 0 aliphatic heterocycles. The van der Waals surface area contributed by atoms with Crippen LogP contribution in [0.1, 0.15) is 127 Å². The van der Waals surface area contributed by atoms with Gasteiger partial charge in [0.05, 0.1) is 7.11 Å². The summed E-state index contributed by atoms with van der Waals surface area (Å²) in [6.45, 7) is 4.52. The lowest BCUT2D eigenvalue weighted by Crippen LogP contribution is -2.39. The lowest BCUT2D eigenvalue weighted by molar-refractivity contribution is -0.0573. The van der Waals surface area contributed by atoms with Crippen LogP contribution in [0.2, 0.25) is 0 Å². The first-order valence-corrected chi connectivity index (χ1v) is 15.0. The van der Waals surface area contributed by atoms with Gasteiger partial charge in [-0.3, -0.25) is 0 Å². The number of unbranched alkanes of at least 4 members (excludes halogenated alkanes) is 2. The van der Waals surface area contributed by atoms with E-state index in [0.29, 0.717) is 5.92 Å². The summed E-state index contributed by atoms with van der Waals surface area (Å²) in [5.74, 6) is 2.23. The summed E-state index contributed by atoms with van der Waals surface area (Å²) in [5.41, 5.74) is 5.18. The molecule has 4 rings (SSSR count). The third-order valence-electron chi connectivity index (χ3n) is 9.24. The molecule has 0 unspecified atom stereocenters. The molecule has 0 bridgehead atoms. The summed E-state index contributed by atoms with van der Waals surface area (Å²) in [6.07, 6.45) is 16.0. The Morgan fingerprint density at radius 2 is 1.30 bits per heavy atom. The highest BCUT2D eigenvalue weighted by molar-refractivity contribution is 5.64. The molecule has 2 saturated carbocycles. The SMILES string of the molecule is CCCCCC1(OC(=O)OC)CCC(c2ccc(-c3ccc([C@H]4CC[C@H](CCC)CC4)cc3)cc2)CC1. The molecule has 2 aromatic rings. The molecule has 0 N–H and O–H groups in total. The average Bonchev–Trinajstić information content (AvgIpc) is 2.94. The van der Waals surface area contributed by atoms with Crippen LogP contribution < -0.4 is 0 Å². The first-order valence-electron chi connectivity index (χ1n) is 15.0. The quantitative estimate of drug-likeness (QED) is 0.238. The number of benzene rings is 2. The first kappa shape index (κ1) is 27.7. The number of ether oxygens (including phenoxy) is 2. The van der Waals surface area contributed by atoms with Crippen LogP contribution in [-0.2, 0) is 9.47 Å². The Hall–Kier alpha value is -2.29. The molecule has 3 heteroatoms. The molecule has 3 nitrogen and oxygen atoms in total. The molecule has 0 amide bonds. The number of carbonyl (C=O) groups excluding carboxylic acids is 1. The smallest absolute Gasteiger partial charge is 0.438 e. The van der Waals surface area contributed by atoms with Crippen LogP contribution >= 0.6 is 0 Å². The minimum absolute atomic E-state index is 0.351. The summed E-state index contributed by atoms with van der Waals surface area (Å²) in [6, 6.07) is 18.6. The molecule has 0 spiro atoms. The van der Waals surface area contributed by atoms with Gasteiger partial charge in [0.15, 0.2) is 0 Å². The fraction of sp³-hybridized carbons (Fsp3) is 0.618. The van der Waals surface area contributed by atoms with Crippen molar-refractivity contribution >= 4 is 6.16 Å². The molecule has 2 aliphatic rings. The van der Waals surface area contributed by atoms with Gasteiger partial charge in [-0.05, 0) is 104 Å². The van der Waals surface area contributed by atoms with Crippen LogP contribution in [0, 0.1) is 5.92 Å². The third-order valence-corrected chi connectivity index (χ3v) is 9.24. The highest BCUT2D eigenvalue weighted by Crippen LogP contribution is 2.43. The van der Waals surface area contributed by atoms with Crippen molar-refractivity contribution in [2.75, 3.05) is 7.11 Å². The van der Waals surface area contributed by atoms with Gasteiger partial charge in [-0.15, -0.1) is 0 Å². The molecule has 0 heterocycles. The van der Waals surface area contributed by atoms with Crippen molar-refractivity contribution in [1.29, 1.82) is 0 Å². The number of rotatable bonds is 10. The largest absolute Gasteiger partial charge is 0.508 e. The van der Waals surface area contributed by atoms with E-state index in [1.807, 2.05) is 0 Å². The summed E-state index contributed by atoms with van der Waals surface area (Å²) >= 11 is 0. The molecular formula is C34H48O3. The second kappa shape index (κ2) is 13.5. The molecule has 0 radical (unpaired) electrons. The van der Waals surface area contributed by atoms with E-state index >= 15 is 0 Å². The standard InChI is InChI=1S/C34H48O3/c1-4-6-7-23-34(37-33(35)36-3)24-21-32(22-25-34)31-19-17-30(18-20-31)29-15-13-28(14-16-29)27-11-9-26(8-5-2)10-12-27/h13-20,26-27,32H,4-12,21-25H2,1-3H3/t26-,27-,32?,34?. The second-order valence-electron chi connectivity index (χ2n) is 11.7. The van der Waals surface area contributed by atoms with Gasteiger partial charge in [-0.1, -0.05) is 88.1 Å². The third kappa shape index (κ3) is 7.39. The summed E-state index contributed by atoms with van der Waals surface area (Å²) in [4.78, 5) is 11.9. The lowest BCUT2D eigenvalue weighted by Gasteiger charge is -2.39. The van der Waals surface area contributed by atoms with E-state index < -0.39 is 6.16 Å². The maximum Gasteiger partial charge on any atom is 0.508 e. The van der Waals surface area contributed by atoms with Crippen LogP contribution in [0.3, 0.4) is 0 Å². The Morgan fingerprint density at radius 1 is 0.757 bits per heavy atom. The Balaban J connectivity index is 1.33. The van der Waals surface area contributed by atoms with Crippen LogP contribution in [0.15, 0.2) is 48.5 Å². The number of carbonyl (C=O) groups is 1. The van der Waals surface area contributed by atoms with E-state index in [4.69, 9.17) is 9.47 Å². The maximum absolute atomic E-state index is 11.9. The Bertz CT molecular complexity index is 946. The number of hydrogen-bond acceptors (Lipinski definition) is 3. The van der Waals surface area contributed by atoms with Crippen molar-refractivity contribution in [3.8, 4) is 11.1 Å². The Morgan fingerprint density at radius 3 is 1.78 bits per heavy atom.